The van der Waals surface area contributed by atoms with Gasteiger partial charge in [-0.3, -0.25) is 0 Å². The molecule has 6 heteroatoms. The minimum absolute atomic E-state index is 0.522. The molecule has 2 aromatic rings. The zero-order valence-electron chi connectivity index (χ0n) is 11.8. The molecule has 1 aliphatic heterocycles. The molecule has 0 spiro atoms. The van der Waals surface area contributed by atoms with Gasteiger partial charge in [-0.25, -0.2) is 4.98 Å². The summed E-state index contributed by atoms with van der Waals surface area (Å²) in [6.07, 6.45) is 4.16. The van der Waals surface area contributed by atoms with E-state index < -0.39 is 0 Å². The number of rotatable bonds is 3. The normalized spacial score (nSPS) is 16.5. The Balaban J connectivity index is 1.77. The predicted molar refractivity (Wildman–Crippen MR) is 78.9 cm³/mol. The standard InChI is InChI=1S/C14H19N5S/c1-10-3-4-12(16-9-10)20-14-18-17-13(19(14)2)11-5-7-15-8-6-11/h3-4,9,11,15H,5-8H2,1-2H3. The zero-order valence-corrected chi connectivity index (χ0v) is 12.7. The highest BCUT2D eigenvalue weighted by Crippen LogP contribution is 2.29. The van der Waals surface area contributed by atoms with Crippen molar-refractivity contribution in [3.05, 3.63) is 29.7 Å². The highest BCUT2D eigenvalue weighted by molar-refractivity contribution is 7.99. The third-order valence-electron chi connectivity index (χ3n) is 3.65. The lowest BCUT2D eigenvalue weighted by Gasteiger charge is -2.21. The summed E-state index contributed by atoms with van der Waals surface area (Å²) in [4.78, 5) is 4.41. The number of aryl methyl sites for hydroxylation is 1. The molecule has 0 amide bonds. The Morgan fingerprint density at radius 3 is 2.75 bits per heavy atom. The monoisotopic (exact) mass is 289 g/mol. The van der Waals surface area contributed by atoms with Crippen molar-refractivity contribution < 1.29 is 0 Å². The van der Waals surface area contributed by atoms with Crippen molar-refractivity contribution in [1.29, 1.82) is 0 Å². The fraction of sp³-hybridized carbons (Fsp3) is 0.500. The lowest BCUT2D eigenvalue weighted by atomic mass is 9.97. The summed E-state index contributed by atoms with van der Waals surface area (Å²) < 4.78 is 2.11. The van der Waals surface area contributed by atoms with Crippen LogP contribution in [0.15, 0.2) is 28.5 Å². The van der Waals surface area contributed by atoms with Gasteiger partial charge in [0.2, 0.25) is 0 Å². The molecule has 3 rings (SSSR count). The number of pyridine rings is 1. The highest BCUT2D eigenvalue weighted by atomic mass is 32.2. The molecule has 0 atom stereocenters. The second kappa shape index (κ2) is 5.93. The molecule has 5 nitrogen and oxygen atoms in total. The van der Waals surface area contributed by atoms with Crippen LogP contribution in [0, 0.1) is 6.92 Å². The first-order chi connectivity index (χ1) is 9.74. The van der Waals surface area contributed by atoms with E-state index >= 15 is 0 Å². The SMILES string of the molecule is Cc1ccc(Sc2nnc(C3CCNCC3)n2C)nc1. The van der Waals surface area contributed by atoms with Crippen LogP contribution in [0.5, 0.6) is 0 Å². The fourth-order valence-corrected chi connectivity index (χ4v) is 3.20. The van der Waals surface area contributed by atoms with E-state index in [0.29, 0.717) is 5.92 Å². The predicted octanol–water partition coefficient (Wildman–Crippen LogP) is 2.14. The molecule has 3 heterocycles. The first-order valence-electron chi connectivity index (χ1n) is 6.94. The van der Waals surface area contributed by atoms with Crippen molar-refractivity contribution in [1.82, 2.24) is 25.1 Å². The van der Waals surface area contributed by atoms with Crippen LogP contribution >= 0.6 is 11.8 Å². The van der Waals surface area contributed by atoms with Crippen LogP contribution in [-0.4, -0.2) is 32.8 Å². The number of nitrogens with one attached hydrogen (secondary N) is 1. The van der Waals surface area contributed by atoms with Crippen LogP contribution in [0.4, 0.5) is 0 Å². The van der Waals surface area contributed by atoms with Gasteiger partial charge in [-0.2, -0.15) is 0 Å². The van der Waals surface area contributed by atoms with Gasteiger partial charge in [-0.15, -0.1) is 10.2 Å². The molecule has 0 aromatic carbocycles. The van der Waals surface area contributed by atoms with E-state index in [2.05, 4.69) is 31.1 Å². The van der Waals surface area contributed by atoms with E-state index in [4.69, 9.17) is 0 Å². The van der Waals surface area contributed by atoms with Crippen molar-refractivity contribution in [2.24, 2.45) is 7.05 Å². The van der Waals surface area contributed by atoms with E-state index in [-0.39, 0.29) is 0 Å². The maximum Gasteiger partial charge on any atom is 0.197 e. The lowest BCUT2D eigenvalue weighted by Crippen LogP contribution is -2.27. The van der Waals surface area contributed by atoms with Gasteiger partial charge in [-0.05, 0) is 56.2 Å². The Hall–Kier alpha value is -1.40. The van der Waals surface area contributed by atoms with Crippen LogP contribution < -0.4 is 5.32 Å². The second-order valence-corrected chi connectivity index (χ2v) is 6.19. The number of hydrogen-bond acceptors (Lipinski definition) is 5. The molecule has 1 N–H and O–H groups in total. The molecule has 0 saturated carbocycles. The Bertz CT molecular complexity index is 572. The first kappa shape index (κ1) is 13.6. The van der Waals surface area contributed by atoms with Crippen LogP contribution in [0.3, 0.4) is 0 Å². The average molecular weight is 289 g/mol. The van der Waals surface area contributed by atoms with Crippen molar-refractivity contribution in [3.63, 3.8) is 0 Å². The molecule has 106 valence electrons. The van der Waals surface area contributed by atoms with E-state index in [0.717, 1.165) is 41.9 Å². The van der Waals surface area contributed by atoms with Gasteiger partial charge in [-0.1, -0.05) is 6.07 Å². The number of aromatic nitrogens is 4. The van der Waals surface area contributed by atoms with E-state index in [9.17, 15) is 0 Å². The first-order valence-corrected chi connectivity index (χ1v) is 7.76. The van der Waals surface area contributed by atoms with Crippen molar-refractivity contribution >= 4 is 11.8 Å². The summed E-state index contributed by atoms with van der Waals surface area (Å²) in [5.41, 5.74) is 1.17. The van der Waals surface area contributed by atoms with Gasteiger partial charge in [0.05, 0.1) is 0 Å². The third-order valence-corrected chi connectivity index (χ3v) is 4.64. The van der Waals surface area contributed by atoms with Gasteiger partial charge >= 0.3 is 0 Å². The quantitative estimate of drug-likeness (QED) is 0.938. The average Bonchev–Trinajstić information content (AvgIpc) is 2.84. The molecular formula is C14H19N5S. The van der Waals surface area contributed by atoms with Gasteiger partial charge in [0.1, 0.15) is 10.9 Å². The number of piperidine rings is 1. The summed E-state index contributed by atoms with van der Waals surface area (Å²) in [5, 5.41) is 14.0. The van der Waals surface area contributed by atoms with Crippen LogP contribution in [0.1, 0.15) is 30.1 Å². The maximum absolute atomic E-state index is 4.41. The molecule has 1 fully saturated rings. The summed E-state index contributed by atoms with van der Waals surface area (Å²) in [5.74, 6) is 1.62. The Labute approximate surface area is 123 Å². The van der Waals surface area contributed by atoms with Crippen molar-refractivity contribution in [2.75, 3.05) is 13.1 Å². The number of hydrogen-bond donors (Lipinski definition) is 1. The summed E-state index contributed by atoms with van der Waals surface area (Å²) in [6.45, 7) is 4.18. The zero-order chi connectivity index (χ0) is 13.9. The van der Waals surface area contributed by atoms with Crippen molar-refractivity contribution in [2.45, 2.75) is 35.9 Å². The molecule has 0 radical (unpaired) electrons. The minimum atomic E-state index is 0.522. The molecule has 1 saturated heterocycles. The largest absolute Gasteiger partial charge is 0.317 e. The molecule has 1 aliphatic rings. The number of nitrogens with zero attached hydrogens (tertiary/aromatic N) is 4. The molecular weight excluding hydrogens is 270 g/mol. The fourth-order valence-electron chi connectivity index (χ4n) is 2.46. The molecule has 20 heavy (non-hydrogen) atoms. The Kier molecular flexibility index (Phi) is 4.03. The topological polar surface area (TPSA) is 55.6 Å². The Morgan fingerprint density at radius 2 is 2.05 bits per heavy atom. The van der Waals surface area contributed by atoms with Gasteiger partial charge in [0.25, 0.3) is 0 Å². The van der Waals surface area contributed by atoms with E-state index in [1.807, 2.05) is 26.2 Å². The van der Waals surface area contributed by atoms with Crippen LogP contribution in [0.2, 0.25) is 0 Å². The van der Waals surface area contributed by atoms with Gasteiger partial charge in [0, 0.05) is 19.2 Å². The van der Waals surface area contributed by atoms with E-state index in [1.165, 1.54) is 5.56 Å². The summed E-state index contributed by atoms with van der Waals surface area (Å²) >= 11 is 1.57. The van der Waals surface area contributed by atoms with Crippen LogP contribution in [-0.2, 0) is 7.05 Å². The smallest absolute Gasteiger partial charge is 0.197 e. The molecule has 0 unspecified atom stereocenters. The maximum atomic E-state index is 4.41. The third kappa shape index (κ3) is 2.86. The second-order valence-electron chi connectivity index (χ2n) is 5.20. The molecule has 0 aliphatic carbocycles. The molecule has 2 aromatic heterocycles. The van der Waals surface area contributed by atoms with Gasteiger partial charge < -0.3 is 9.88 Å². The lowest BCUT2D eigenvalue weighted by molar-refractivity contribution is 0.434. The minimum Gasteiger partial charge on any atom is -0.317 e. The summed E-state index contributed by atoms with van der Waals surface area (Å²) in [6, 6.07) is 4.10. The van der Waals surface area contributed by atoms with Crippen LogP contribution in [0.25, 0.3) is 0 Å². The highest BCUT2D eigenvalue weighted by Gasteiger charge is 2.21. The van der Waals surface area contributed by atoms with Crippen molar-refractivity contribution in [3.8, 4) is 0 Å². The van der Waals surface area contributed by atoms with Gasteiger partial charge in [0.15, 0.2) is 5.16 Å². The molecule has 0 bridgehead atoms. The van der Waals surface area contributed by atoms with E-state index in [1.54, 1.807) is 11.8 Å². The Morgan fingerprint density at radius 1 is 1.25 bits per heavy atom. The summed E-state index contributed by atoms with van der Waals surface area (Å²) in [7, 11) is 2.05.